The van der Waals surface area contributed by atoms with Gasteiger partial charge in [-0.1, -0.05) is 18.2 Å². The largest absolute Gasteiger partial charge is 0.493 e. The molecule has 1 N–H and O–H groups in total. The van der Waals surface area contributed by atoms with Crippen LogP contribution < -0.4 is 9.47 Å². The summed E-state index contributed by atoms with van der Waals surface area (Å²) in [7, 11) is 3.18. The van der Waals surface area contributed by atoms with E-state index < -0.39 is 5.97 Å². The number of hydrogen-bond donors (Lipinski definition) is 1. The molecular formula is C20H17N3O4S. The molecule has 142 valence electrons. The summed E-state index contributed by atoms with van der Waals surface area (Å²) in [5, 5.41) is 10.3. The predicted molar refractivity (Wildman–Crippen MR) is 106 cm³/mol. The number of nitrogens with zero attached hydrogens (tertiary/aromatic N) is 2. The van der Waals surface area contributed by atoms with E-state index in [0.717, 1.165) is 21.5 Å². The maximum Gasteiger partial charge on any atom is 0.359 e. The van der Waals surface area contributed by atoms with Crippen molar-refractivity contribution in [2.75, 3.05) is 14.2 Å². The Hall–Kier alpha value is -3.39. The molecule has 2 aromatic heterocycles. The minimum Gasteiger partial charge on any atom is -0.493 e. The van der Waals surface area contributed by atoms with Crippen LogP contribution >= 0.6 is 11.3 Å². The van der Waals surface area contributed by atoms with Crippen LogP contribution in [0.25, 0.3) is 21.5 Å². The minimum absolute atomic E-state index is 0.0732. The lowest BCUT2D eigenvalue weighted by molar-refractivity contribution is 0.0464. The molecule has 0 spiro atoms. The van der Waals surface area contributed by atoms with Crippen molar-refractivity contribution in [2.45, 2.75) is 6.61 Å². The molecule has 0 bridgehead atoms. The van der Waals surface area contributed by atoms with E-state index in [-0.39, 0.29) is 12.3 Å². The van der Waals surface area contributed by atoms with E-state index in [1.165, 1.54) is 11.3 Å². The van der Waals surface area contributed by atoms with Crippen LogP contribution in [0.3, 0.4) is 0 Å². The van der Waals surface area contributed by atoms with E-state index in [9.17, 15) is 4.79 Å². The second-order valence-electron chi connectivity index (χ2n) is 5.91. The van der Waals surface area contributed by atoms with Gasteiger partial charge in [-0.15, -0.1) is 11.3 Å². The first-order valence-electron chi connectivity index (χ1n) is 8.46. The molecule has 28 heavy (non-hydrogen) atoms. The van der Waals surface area contributed by atoms with Crippen molar-refractivity contribution in [1.29, 1.82) is 0 Å². The molecule has 7 nitrogen and oxygen atoms in total. The van der Waals surface area contributed by atoms with Gasteiger partial charge in [0.2, 0.25) is 0 Å². The van der Waals surface area contributed by atoms with Crippen molar-refractivity contribution in [3.63, 3.8) is 0 Å². The van der Waals surface area contributed by atoms with E-state index in [2.05, 4.69) is 15.2 Å². The van der Waals surface area contributed by atoms with E-state index in [1.807, 2.05) is 47.8 Å². The second-order valence-corrected chi connectivity index (χ2v) is 6.77. The van der Waals surface area contributed by atoms with Crippen molar-refractivity contribution >= 4 is 28.2 Å². The molecule has 4 rings (SSSR count). The molecule has 4 aromatic rings. The van der Waals surface area contributed by atoms with Crippen LogP contribution in [-0.2, 0) is 11.3 Å². The molecule has 0 aliphatic rings. The van der Waals surface area contributed by atoms with Gasteiger partial charge in [0, 0.05) is 16.3 Å². The van der Waals surface area contributed by atoms with Crippen LogP contribution in [0.5, 0.6) is 11.5 Å². The first kappa shape index (κ1) is 18.0. The molecule has 0 atom stereocenters. The third-order valence-electron chi connectivity index (χ3n) is 4.20. The lowest BCUT2D eigenvalue weighted by Gasteiger charge is -2.08. The molecular weight excluding hydrogens is 378 g/mol. The highest BCUT2D eigenvalue weighted by Gasteiger charge is 2.16. The standard InChI is InChI=1S/C20H17N3O4S/c1-25-16-8-7-12(9-17(16)26-2)19-21-13(11-28-19)10-27-20(24)18-14-5-3-4-6-15(14)22-23-18/h3-9,11H,10H2,1-2H3,(H,22,23). The Morgan fingerprint density at radius 3 is 2.75 bits per heavy atom. The van der Waals surface area contributed by atoms with Crippen LogP contribution in [-0.4, -0.2) is 35.4 Å². The number of nitrogens with one attached hydrogen (secondary N) is 1. The molecule has 2 aromatic carbocycles. The van der Waals surface area contributed by atoms with Crippen LogP contribution in [0.15, 0.2) is 47.8 Å². The van der Waals surface area contributed by atoms with Gasteiger partial charge in [0.05, 0.1) is 25.4 Å². The number of esters is 1. The number of para-hydroxylation sites is 1. The van der Waals surface area contributed by atoms with E-state index in [0.29, 0.717) is 17.2 Å². The summed E-state index contributed by atoms with van der Waals surface area (Å²) in [6, 6.07) is 13.0. The Balaban J connectivity index is 1.47. The zero-order valence-corrected chi connectivity index (χ0v) is 16.1. The number of aromatic amines is 1. The van der Waals surface area contributed by atoms with E-state index in [4.69, 9.17) is 14.2 Å². The van der Waals surface area contributed by atoms with E-state index in [1.54, 1.807) is 14.2 Å². The number of fused-ring (bicyclic) bond motifs is 1. The number of methoxy groups -OCH3 is 2. The molecule has 0 radical (unpaired) electrons. The SMILES string of the molecule is COc1ccc(-c2nc(COC(=O)c3n[nH]c4ccccc34)cs2)cc1OC. The van der Waals surface area contributed by atoms with Gasteiger partial charge in [-0.2, -0.15) is 5.10 Å². The lowest BCUT2D eigenvalue weighted by Crippen LogP contribution is -2.06. The average Bonchev–Trinajstić information content (AvgIpc) is 3.38. The highest BCUT2D eigenvalue weighted by atomic mass is 32.1. The Bertz CT molecular complexity index is 1140. The third kappa shape index (κ3) is 3.41. The molecule has 8 heteroatoms. The summed E-state index contributed by atoms with van der Waals surface area (Å²) in [5.74, 6) is 0.801. The fourth-order valence-corrected chi connectivity index (χ4v) is 3.60. The fraction of sp³-hybridized carbons (Fsp3) is 0.150. The van der Waals surface area contributed by atoms with Gasteiger partial charge in [0.1, 0.15) is 11.6 Å². The fourth-order valence-electron chi connectivity index (χ4n) is 2.80. The Labute approximate surface area is 164 Å². The van der Waals surface area contributed by atoms with Gasteiger partial charge in [0.25, 0.3) is 0 Å². The third-order valence-corrected chi connectivity index (χ3v) is 5.14. The molecule has 0 aliphatic heterocycles. The zero-order valence-electron chi connectivity index (χ0n) is 15.3. The van der Waals surface area contributed by atoms with Crippen molar-refractivity contribution < 1.29 is 19.0 Å². The molecule has 0 unspecified atom stereocenters. The lowest BCUT2D eigenvalue weighted by atomic mass is 10.2. The maximum atomic E-state index is 12.4. The number of carbonyl (C=O) groups excluding carboxylic acids is 1. The number of aromatic nitrogens is 3. The smallest absolute Gasteiger partial charge is 0.359 e. The van der Waals surface area contributed by atoms with Crippen molar-refractivity contribution in [1.82, 2.24) is 15.2 Å². The van der Waals surface area contributed by atoms with Crippen molar-refractivity contribution in [3.05, 3.63) is 59.2 Å². The van der Waals surface area contributed by atoms with Crippen molar-refractivity contribution in [3.8, 4) is 22.1 Å². The number of thiazole rings is 1. The Kier molecular flexibility index (Phi) is 4.94. The summed E-state index contributed by atoms with van der Waals surface area (Å²) in [6.45, 7) is 0.0732. The molecule has 0 amide bonds. The number of carbonyl (C=O) groups is 1. The molecule has 0 aliphatic carbocycles. The Morgan fingerprint density at radius 1 is 1.11 bits per heavy atom. The van der Waals surface area contributed by atoms with Crippen LogP contribution in [0, 0.1) is 0 Å². The Morgan fingerprint density at radius 2 is 1.93 bits per heavy atom. The first-order valence-corrected chi connectivity index (χ1v) is 9.34. The molecule has 2 heterocycles. The number of benzene rings is 2. The highest BCUT2D eigenvalue weighted by Crippen LogP contribution is 2.33. The number of hydrogen-bond acceptors (Lipinski definition) is 7. The topological polar surface area (TPSA) is 86.3 Å². The van der Waals surface area contributed by atoms with Gasteiger partial charge >= 0.3 is 5.97 Å². The normalized spacial score (nSPS) is 10.8. The summed E-state index contributed by atoms with van der Waals surface area (Å²) in [6.07, 6.45) is 0. The van der Waals surface area contributed by atoms with Crippen molar-refractivity contribution in [2.24, 2.45) is 0 Å². The molecule has 0 saturated heterocycles. The van der Waals surface area contributed by atoms with Gasteiger partial charge < -0.3 is 14.2 Å². The quantitative estimate of drug-likeness (QED) is 0.496. The van der Waals surface area contributed by atoms with Gasteiger partial charge in [-0.05, 0) is 24.3 Å². The second kappa shape index (κ2) is 7.69. The number of rotatable bonds is 6. The summed E-state index contributed by atoms with van der Waals surface area (Å²) in [4.78, 5) is 16.9. The number of H-pyrrole nitrogens is 1. The average molecular weight is 395 g/mol. The summed E-state index contributed by atoms with van der Waals surface area (Å²) in [5.41, 5.74) is 2.63. The predicted octanol–water partition coefficient (Wildman–Crippen LogP) is 4.06. The van der Waals surface area contributed by atoms with Crippen LogP contribution in [0.4, 0.5) is 0 Å². The van der Waals surface area contributed by atoms with Gasteiger partial charge in [-0.3, -0.25) is 5.10 Å². The van der Waals surface area contributed by atoms with Crippen LogP contribution in [0.2, 0.25) is 0 Å². The minimum atomic E-state index is -0.488. The molecule has 0 saturated carbocycles. The monoisotopic (exact) mass is 395 g/mol. The number of ether oxygens (including phenoxy) is 3. The van der Waals surface area contributed by atoms with Gasteiger partial charge in [-0.25, -0.2) is 9.78 Å². The first-order chi connectivity index (χ1) is 13.7. The summed E-state index contributed by atoms with van der Waals surface area (Å²) < 4.78 is 16.0. The van der Waals surface area contributed by atoms with Gasteiger partial charge in [0.15, 0.2) is 17.2 Å². The summed E-state index contributed by atoms with van der Waals surface area (Å²) >= 11 is 1.47. The zero-order chi connectivity index (χ0) is 19.5. The van der Waals surface area contributed by atoms with Crippen LogP contribution in [0.1, 0.15) is 16.2 Å². The molecule has 0 fully saturated rings. The van der Waals surface area contributed by atoms with E-state index >= 15 is 0 Å². The maximum absolute atomic E-state index is 12.4. The highest BCUT2D eigenvalue weighted by molar-refractivity contribution is 7.13.